The van der Waals surface area contributed by atoms with E-state index in [-0.39, 0.29) is 6.04 Å². The van der Waals surface area contributed by atoms with Crippen LogP contribution in [0.4, 0.5) is 0 Å². The summed E-state index contributed by atoms with van der Waals surface area (Å²) in [5.74, 6) is 0.380. The minimum Gasteiger partial charge on any atom is -0.391 e. The highest BCUT2D eigenvalue weighted by atomic mass is 16.3. The van der Waals surface area contributed by atoms with Gasteiger partial charge in [-0.15, -0.1) is 0 Å². The third kappa shape index (κ3) is 2.62. The lowest BCUT2D eigenvalue weighted by Crippen LogP contribution is -2.36. The van der Waals surface area contributed by atoms with E-state index in [2.05, 4.69) is 24.3 Å². The van der Waals surface area contributed by atoms with Crippen molar-refractivity contribution in [3.8, 4) is 11.1 Å². The van der Waals surface area contributed by atoms with Crippen LogP contribution in [-0.4, -0.2) is 11.2 Å². The largest absolute Gasteiger partial charge is 0.391 e. The smallest absolute Gasteiger partial charge is 0.0760 e. The van der Waals surface area contributed by atoms with E-state index in [9.17, 15) is 5.11 Å². The Kier molecular flexibility index (Phi) is 3.86. The number of aliphatic hydroxyl groups excluding tert-OH is 1. The number of hydrogen-bond acceptors (Lipinski definition) is 2. The third-order valence-corrected chi connectivity index (χ3v) is 4.38. The molecule has 0 saturated heterocycles. The number of nitrogens with two attached hydrogens (primary N) is 1. The lowest BCUT2D eigenvalue weighted by atomic mass is 9.77. The molecule has 0 radical (unpaired) electrons. The van der Waals surface area contributed by atoms with Gasteiger partial charge in [0.05, 0.1) is 12.1 Å². The first kappa shape index (κ1) is 13.3. The van der Waals surface area contributed by atoms with Crippen LogP contribution in [0.1, 0.15) is 30.9 Å². The molecule has 2 nitrogen and oxygen atoms in total. The molecule has 3 N–H and O–H groups in total. The van der Waals surface area contributed by atoms with Gasteiger partial charge in [-0.25, -0.2) is 0 Å². The van der Waals surface area contributed by atoms with E-state index in [0.717, 1.165) is 24.0 Å². The van der Waals surface area contributed by atoms with Gasteiger partial charge < -0.3 is 10.8 Å². The number of rotatable bonds is 4. The standard InChI is InChI=1S/C18H21NO/c19-17(18(20)14-8-4-9-14)16-11-5-10-15(12-16)13-6-2-1-3-7-13/h1-3,5-7,10-12,14,17-18,20H,4,8-9,19H2/t17-,18+/m1/s1. The van der Waals surface area contributed by atoms with Crippen molar-refractivity contribution >= 4 is 0 Å². The van der Waals surface area contributed by atoms with E-state index in [1.165, 1.54) is 12.0 Å². The topological polar surface area (TPSA) is 46.2 Å². The first-order valence-electron chi connectivity index (χ1n) is 7.35. The zero-order chi connectivity index (χ0) is 13.9. The highest BCUT2D eigenvalue weighted by Crippen LogP contribution is 2.35. The first-order chi connectivity index (χ1) is 9.75. The Morgan fingerprint density at radius 3 is 2.30 bits per heavy atom. The molecule has 2 aromatic rings. The molecule has 0 bridgehead atoms. The molecule has 1 fully saturated rings. The summed E-state index contributed by atoms with van der Waals surface area (Å²) < 4.78 is 0. The molecule has 2 atom stereocenters. The van der Waals surface area contributed by atoms with E-state index < -0.39 is 6.10 Å². The zero-order valence-corrected chi connectivity index (χ0v) is 11.6. The molecule has 104 valence electrons. The van der Waals surface area contributed by atoms with Gasteiger partial charge in [-0.2, -0.15) is 0 Å². The summed E-state index contributed by atoms with van der Waals surface area (Å²) in [6, 6.07) is 18.2. The zero-order valence-electron chi connectivity index (χ0n) is 11.6. The Balaban J connectivity index is 1.83. The average Bonchev–Trinajstić information content (AvgIpc) is 2.46. The molecule has 1 saturated carbocycles. The maximum absolute atomic E-state index is 10.3. The third-order valence-electron chi connectivity index (χ3n) is 4.38. The van der Waals surface area contributed by atoms with Crippen LogP contribution >= 0.6 is 0 Å². The lowest BCUT2D eigenvalue weighted by Gasteiger charge is -2.33. The Bertz CT molecular complexity index is 563. The maximum Gasteiger partial charge on any atom is 0.0760 e. The Labute approximate surface area is 120 Å². The molecule has 0 aromatic heterocycles. The maximum atomic E-state index is 10.3. The number of aliphatic hydroxyl groups is 1. The van der Waals surface area contributed by atoms with Gasteiger partial charge in [0, 0.05) is 0 Å². The summed E-state index contributed by atoms with van der Waals surface area (Å²) in [6.45, 7) is 0. The molecule has 2 heteroatoms. The van der Waals surface area contributed by atoms with Crippen molar-refractivity contribution in [2.45, 2.75) is 31.4 Å². The van der Waals surface area contributed by atoms with Crippen LogP contribution in [0.5, 0.6) is 0 Å². The van der Waals surface area contributed by atoms with Gasteiger partial charge in [0.15, 0.2) is 0 Å². The van der Waals surface area contributed by atoms with E-state index in [1.54, 1.807) is 0 Å². The van der Waals surface area contributed by atoms with Crippen molar-refractivity contribution < 1.29 is 5.11 Å². The lowest BCUT2D eigenvalue weighted by molar-refractivity contribution is 0.0414. The summed E-state index contributed by atoms with van der Waals surface area (Å²) >= 11 is 0. The SMILES string of the molecule is N[C@H](c1cccc(-c2ccccc2)c1)[C@@H](O)C1CCC1. The average molecular weight is 267 g/mol. The van der Waals surface area contributed by atoms with Gasteiger partial charge in [0.2, 0.25) is 0 Å². The fraction of sp³-hybridized carbons (Fsp3) is 0.333. The summed E-state index contributed by atoms with van der Waals surface area (Å²) in [5, 5.41) is 10.3. The van der Waals surface area contributed by atoms with Crippen molar-refractivity contribution in [2.24, 2.45) is 11.7 Å². The van der Waals surface area contributed by atoms with E-state index in [1.807, 2.05) is 30.3 Å². The van der Waals surface area contributed by atoms with Crippen molar-refractivity contribution in [3.63, 3.8) is 0 Å². The van der Waals surface area contributed by atoms with Crippen molar-refractivity contribution in [3.05, 3.63) is 60.2 Å². The van der Waals surface area contributed by atoms with Crippen molar-refractivity contribution in [1.29, 1.82) is 0 Å². The molecule has 0 amide bonds. The van der Waals surface area contributed by atoms with Gasteiger partial charge in [-0.3, -0.25) is 0 Å². The summed E-state index contributed by atoms with van der Waals surface area (Å²) in [4.78, 5) is 0. The summed E-state index contributed by atoms with van der Waals surface area (Å²) in [6.07, 6.45) is 3.01. The van der Waals surface area contributed by atoms with Gasteiger partial charge in [-0.1, -0.05) is 55.0 Å². The molecule has 0 spiro atoms. The quantitative estimate of drug-likeness (QED) is 0.890. The van der Waals surface area contributed by atoms with Crippen LogP contribution in [0.15, 0.2) is 54.6 Å². The predicted octanol–water partition coefficient (Wildman–Crippen LogP) is 3.51. The molecule has 1 aliphatic rings. The highest BCUT2D eigenvalue weighted by Gasteiger charge is 2.30. The van der Waals surface area contributed by atoms with E-state index >= 15 is 0 Å². The monoisotopic (exact) mass is 267 g/mol. The predicted molar refractivity (Wildman–Crippen MR) is 82.2 cm³/mol. The molecular weight excluding hydrogens is 246 g/mol. The van der Waals surface area contributed by atoms with Crippen molar-refractivity contribution in [1.82, 2.24) is 0 Å². The van der Waals surface area contributed by atoms with Gasteiger partial charge >= 0.3 is 0 Å². The molecule has 20 heavy (non-hydrogen) atoms. The molecule has 0 heterocycles. The normalized spacial score (nSPS) is 18.3. The van der Waals surface area contributed by atoms with Gasteiger partial charge in [-0.05, 0) is 41.5 Å². The van der Waals surface area contributed by atoms with Crippen molar-refractivity contribution in [2.75, 3.05) is 0 Å². The van der Waals surface area contributed by atoms with Crippen LogP contribution in [0.3, 0.4) is 0 Å². The second-order valence-corrected chi connectivity index (χ2v) is 5.70. The molecule has 3 rings (SSSR count). The van der Waals surface area contributed by atoms with E-state index in [4.69, 9.17) is 5.73 Å². The Hall–Kier alpha value is -1.64. The second-order valence-electron chi connectivity index (χ2n) is 5.70. The molecular formula is C18H21NO. The second kappa shape index (κ2) is 5.78. The van der Waals surface area contributed by atoms with Crippen LogP contribution < -0.4 is 5.73 Å². The highest BCUT2D eigenvalue weighted by molar-refractivity contribution is 5.64. The minimum absolute atomic E-state index is 0.288. The molecule has 2 aromatic carbocycles. The van der Waals surface area contributed by atoms with Crippen LogP contribution in [0.25, 0.3) is 11.1 Å². The number of benzene rings is 2. The fourth-order valence-corrected chi connectivity index (χ4v) is 2.83. The summed E-state index contributed by atoms with van der Waals surface area (Å²) in [5.41, 5.74) is 9.60. The fourth-order valence-electron chi connectivity index (χ4n) is 2.83. The summed E-state index contributed by atoms with van der Waals surface area (Å²) in [7, 11) is 0. The van der Waals surface area contributed by atoms with E-state index in [0.29, 0.717) is 5.92 Å². The van der Waals surface area contributed by atoms with Crippen LogP contribution in [-0.2, 0) is 0 Å². The molecule has 0 aliphatic heterocycles. The molecule has 0 unspecified atom stereocenters. The van der Waals surface area contributed by atoms with Gasteiger partial charge in [0.25, 0.3) is 0 Å². The number of hydrogen-bond donors (Lipinski definition) is 2. The van der Waals surface area contributed by atoms with Crippen LogP contribution in [0.2, 0.25) is 0 Å². The van der Waals surface area contributed by atoms with Gasteiger partial charge in [0.1, 0.15) is 0 Å². The first-order valence-corrected chi connectivity index (χ1v) is 7.35. The Morgan fingerprint density at radius 2 is 1.65 bits per heavy atom. The Morgan fingerprint density at radius 1 is 0.950 bits per heavy atom. The molecule has 1 aliphatic carbocycles. The minimum atomic E-state index is -0.422. The van der Waals surface area contributed by atoms with Crippen LogP contribution in [0, 0.1) is 5.92 Å².